The van der Waals surface area contributed by atoms with E-state index in [1.165, 1.54) is 7.11 Å². The number of anilines is 1. The maximum Gasteiger partial charge on any atom is 0.416 e. The SMILES string of the molecule is COCC(=O)N=C1S[C@H]2CS(=O)(=O)C[C@@H]2N1c1cc(C(F)(F)F)cc(C(F)(F)F)c1. The Morgan fingerprint density at radius 1 is 1.13 bits per heavy atom. The summed E-state index contributed by atoms with van der Waals surface area (Å²) in [5.74, 6) is -1.63. The van der Waals surface area contributed by atoms with Gasteiger partial charge in [-0.05, 0) is 18.2 Å². The molecule has 2 aliphatic rings. The molecule has 0 spiro atoms. The maximum absolute atomic E-state index is 13.2. The topological polar surface area (TPSA) is 76.0 Å². The van der Waals surface area contributed by atoms with Gasteiger partial charge in [0.15, 0.2) is 15.0 Å². The van der Waals surface area contributed by atoms with Gasteiger partial charge in [0.2, 0.25) is 0 Å². The minimum Gasteiger partial charge on any atom is -0.375 e. The summed E-state index contributed by atoms with van der Waals surface area (Å²) < 4.78 is 108. The lowest BCUT2D eigenvalue weighted by atomic mass is 10.1. The third-order valence-electron chi connectivity index (χ3n) is 4.41. The van der Waals surface area contributed by atoms with E-state index in [0.717, 1.165) is 16.7 Å². The number of thioether (sulfide) groups is 1. The molecule has 14 heteroatoms. The quantitative estimate of drug-likeness (QED) is 0.625. The van der Waals surface area contributed by atoms with Gasteiger partial charge in [-0.2, -0.15) is 31.3 Å². The summed E-state index contributed by atoms with van der Waals surface area (Å²) in [6.45, 7) is -0.456. The highest BCUT2D eigenvalue weighted by atomic mass is 32.2. The number of aliphatic imine (C=N–C) groups is 1. The van der Waals surface area contributed by atoms with Crippen molar-refractivity contribution in [2.45, 2.75) is 23.6 Å². The normalized spacial score (nSPS) is 25.0. The zero-order valence-electron chi connectivity index (χ0n) is 15.1. The number of hydrogen-bond acceptors (Lipinski definition) is 5. The Morgan fingerprint density at radius 2 is 1.70 bits per heavy atom. The number of benzene rings is 1. The molecule has 1 aromatic carbocycles. The van der Waals surface area contributed by atoms with E-state index >= 15 is 0 Å². The van der Waals surface area contributed by atoms with Crippen LogP contribution in [-0.4, -0.2) is 56.0 Å². The van der Waals surface area contributed by atoms with Gasteiger partial charge in [0.1, 0.15) is 6.61 Å². The van der Waals surface area contributed by atoms with E-state index in [-0.39, 0.29) is 17.0 Å². The van der Waals surface area contributed by atoms with Gasteiger partial charge in [-0.15, -0.1) is 0 Å². The van der Waals surface area contributed by atoms with Gasteiger partial charge < -0.3 is 9.64 Å². The molecule has 166 valence electrons. The second kappa shape index (κ2) is 7.71. The summed E-state index contributed by atoms with van der Waals surface area (Å²) in [5, 5.41) is -0.859. The first kappa shape index (κ1) is 22.9. The van der Waals surface area contributed by atoms with Crippen LogP contribution in [0.1, 0.15) is 11.1 Å². The summed E-state index contributed by atoms with van der Waals surface area (Å²) in [6, 6.07) is -0.0138. The van der Waals surface area contributed by atoms with Crippen LogP contribution in [0.5, 0.6) is 0 Å². The van der Waals surface area contributed by atoms with E-state index in [2.05, 4.69) is 9.73 Å². The highest BCUT2D eigenvalue weighted by molar-refractivity contribution is 8.16. The summed E-state index contributed by atoms with van der Waals surface area (Å²) in [4.78, 5) is 16.5. The number of sulfone groups is 1. The number of ether oxygens (including phenoxy) is 1. The van der Waals surface area contributed by atoms with Gasteiger partial charge in [-0.1, -0.05) is 11.8 Å². The van der Waals surface area contributed by atoms with Crippen molar-refractivity contribution >= 4 is 38.4 Å². The first-order valence-corrected chi connectivity index (χ1v) is 11.0. The van der Waals surface area contributed by atoms with E-state index in [1.54, 1.807) is 0 Å². The number of alkyl halides is 6. The van der Waals surface area contributed by atoms with Crippen molar-refractivity contribution in [3.63, 3.8) is 0 Å². The van der Waals surface area contributed by atoms with Crippen molar-refractivity contribution in [2.75, 3.05) is 30.1 Å². The third kappa shape index (κ3) is 4.75. The molecule has 2 heterocycles. The molecule has 6 nitrogen and oxygen atoms in total. The van der Waals surface area contributed by atoms with E-state index in [4.69, 9.17) is 0 Å². The molecule has 1 amide bonds. The van der Waals surface area contributed by atoms with Gasteiger partial charge in [0.05, 0.1) is 28.7 Å². The summed E-state index contributed by atoms with van der Waals surface area (Å²) >= 11 is 0.825. The van der Waals surface area contributed by atoms with Gasteiger partial charge in [0, 0.05) is 18.0 Å². The fourth-order valence-electron chi connectivity index (χ4n) is 3.21. The number of amidine groups is 1. The van der Waals surface area contributed by atoms with E-state index in [9.17, 15) is 39.6 Å². The Kier molecular flexibility index (Phi) is 5.88. The number of rotatable bonds is 3. The third-order valence-corrected chi connectivity index (χ3v) is 7.62. The Hall–Kier alpha value is -1.80. The Bertz CT molecular complexity index is 958. The average molecular weight is 476 g/mol. The van der Waals surface area contributed by atoms with Crippen LogP contribution in [0.3, 0.4) is 0 Å². The van der Waals surface area contributed by atoms with Crippen LogP contribution in [0.25, 0.3) is 0 Å². The average Bonchev–Trinajstić information content (AvgIpc) is 3.03. The van der Waals surface area contributed by atoms with E-state index in [0.29, 0.717) is 12.1 Å². The minimum atomic E-state index is -5.08. The van der Waals surface area contributed by atoms with Crippen LogP contribution < -0.4 is 4.90 Å². The molecule has 2 aliphatic heterocycles. The first-order valence-electron chi connectivity index (χ1n) is 8.27. The molecule has 2 saturated heterocycles. The lowest BCUT2D eigenvalue weighted by Gasteiger charge is -2.26. The predicted molar refractivity (Wildman–Crippen MR) is 97.1 cm³/mol. The van der Waals surface area contributed by atoms with Gasteiger partial charge in [-0.3, -0.25) is 4.79 Å². The summed E-state index contributed by atoms with van der Waals surface area (Å²) in [6.07, 6.45) is -10.2. The number of fused-ring (bicyclic) bond motifs is 1. The van der Waals surface area contributed by atoms with Crippen molar-refractivity contribution in [3.05, 3.63) is 29.3 Å². The Morgan fingerprint density at radius 3 is 2.20 bits per heavy atom. The van der Waals surface area contributed by atoms with Crippen molar-refractivity contribution in [1.29, 1.82) is 0 Å². The second-order valence-corrected chi connectivity index (χ2v) is 10.0. The molecule has 2 atom stereocenters. The maximum atomic E-state index is 13.2. The van der Waals surface area contributed by atoms with Crippen molar-refractivity contribution in [1.82, 2.24) is 0 Å². The monoisotopic (exact) mass is 476 g/mol. The number of amides is 1. The fraction of sp³-hybridized carbons (Fsp3) is 0.500. The van der Waals surface area contributed by atoms with Crippen LogP contribution in [-0.2, 0) is 31.7 Å². The molecular weight excluding hydrogens is 462 g/mol. The molecular formula is C16H14F6N2O4S2. The molecule has 0 radical (unpaired) electrons. The number of nitrogens with zero attached hydrogens (tertiary/aromatic N) is 2. The summed E-state index contributed by atoms with van der Waals surface area (Å²) in [5.41, 5.74) is -3.65. The van der Waals surface area contributed by atoms with Gasteiger partial charge >= 0.3 is 12.4 Å². The molecule has 3 rings (SSSR count). The van der Waals surface area contributed by atoms with E-state index in [1.807, 2.05) is 0 Å². The first-order chi connectivity index (χ1) is 13.7. The molecule has 0 aliphatic carbocycles. The lowest BCUT2D eigenvalue weighted by Crippen LogP contribution is -2.38. The molecule has 0 N–H and O–H groups in total. The van der Waals surface area contributed by atoms with Gasteiger partial charge in [-0.25, -0.2) is 8.42 Å². The Balaban J connectivity index is 2.16. The van der Waals surface area contributed by atoms with Crippen molar-refractivity contribution in [2.24, 2.45) is 4.99 Å². The standard InChI is InChI=1S/C16H14F6N2O4S2/c1-28-5-13(25)23-14-24(11-6-30(26,27)7-12(11)29-14)10-3-8(15(17,18)19)2-9(4-10)16(20,21)22/h2-4,11-12H,5-7H2,1H3/t11-,12-/m0/s1. The van der Waals surface area contributed by atoms with Crippen LogP contribution in [0.15, 0.2) is 23.2 Å². The molecule has 1 aromatic rings. The largest absolute Gasteiger partial charge is 0.416 e. The van der Waals surface area contributed by atoms with Crippen LogP contribution in [0, 0.1) is 0 Å². The molecule has 0 aromatic heterocycles. The second-order valence-electron chi connectivity index (χ2n) is 6.66. The number of halogens is 6. The summed E-state index contributed by atoms with van der Waals surface area (Å²) in [7, 11) is -2.35. The zero-order valence-corrected chi connectivity index (χ0v) is 16.8. The molecule has 30 heavy (non-hydrogen) atoms. The highest BCUT2D eigenvalue weighted by Gasteiger charge is 2.50. The highest BCUT2D eigenvalue weighted by Crippen LogP contribution is 2.44. The number of carbonyl (C=O) groups is 1. The van der Waals surface area contributed by atoms with Crippen LogP contribution in [0.4, 0.5) is 32.0 Å². The van der Waals surface area contributed by atoms with Crippen LogP contribution >= 0.6 is 11.8 Å². The lowest BCUT2D eigenvalue weighted by molar-refractivity contribution is -0.143. The molecule has 0 bridgehead atoms. The van der Waals surface area contributed by atoms with E-state index < -0.39 is 68.6 Å². The minimum absolute atomic E-state index is 0.0253. The number of methoxy groups -OCH3 is 1. The molecule has 0 saturated carbocycles. The predicted octanol–water partition coefficient (Wildman–Crippen LogP) is 2.97. The van der Waals surface area contributed by atoms with Gasteiger partial charge in [0.25, 0.3) is 5.91 Å². The van der Waals surface area contributed by atoms with Crippen molar-refractivity contribution in [3.8, 4) is 0 Å². The number of carbonyl (C=O) groups excluding carboxylic acids is 1. The smallest absolute Gasteiger partial charge is 0.375 e. The number of hydrogen-bond donors (Lipinski definition) is 0. The van der Waals surface area contributed by atoms with Crippen LogP contribution in [0.2, 0.25) is 0 Å². The molecule has 0 unspecified atom stereocenters. The zero-order chi connectivity index (χ0) is 22.5. The van der Waals surface area contributed by atoms with Crippen molar-refractivity contribution < 1.29 is 44.3 Å². The molecule has 2 fully saturated rings. The Labute approximate surface area is 171 Å². The fourth-order valence-corrected chi connectivity index (χ4v) is 7.14.